The van der Waals surface area contributed by atoms with Gasteiger partial charge in [0.25, 0.3) is 0 Å². The van der Waals surface area contributed by atoms with Gasteiger partial charge in [-0.3, -0.25) is 9.48 Å². The van der Waals surface area contributed by atoms with Gasteiger partial charge in [-0.15, -0.1) is 0 Å². The van der Waals surface area contributed by atoms with Gasteiger partial charge in [-0.25, -0.2) is 0 Å². The number of nitrogens with one attached hydrogen (secondary N) is 1. The number of nitrogens with zero attached hydrogens (tertiary/aromatic N) is 2. The van der Waals surface area contributed by atoms with E-state index in [9.17, 15) is 4.79 Å². The molecule has 2 rings (SSSR count). The average Bonchev–Trinajstić information content (AvgIpc) is 2.76. The first kappa shape index (κ1) is 12.7. The molecule has 94 valence electrons. The molecule has 2 aromatic rings. The summed E-state index contributed by atoms with van der Waals surface area (Å²) in [6, 6.07) is 4.78. The van der Waals surface area contributed by atoms with Gasteiger partial charge in [0.15, 0.2) is 0 Å². The summed E-state index contributed by atoms with van der Waals surface area (Å²) in [6.07, 6.45) is 3.28. The predicted molar refractivity (Wildman–Crippen MR) is 71.7 cm³/mol. The number of amides is 1. The van der Waals surface area contributed by atoms with Crippen molar-refractivity contribution in [2.24, 2.45) is 0 Å². The molecular formula is C11H10Cl2N4O. The topological polar surface area (TPSA) is 72.9 Å². The Morgan fingerprint density at radius 2 is 2.06 bits per heavy atom. The Balaban J connectivity index is 2.12. The van der Waals surface area contributed by atoms with Gasteiger partial charge in [-0.2, -0.15) is 5.10 Å². The van der Waals surface area contributed by atoms with Crippen LogP contribution in [-0.2, 0) is 11.3 Å². The second-order valence-electron chi connectivity index (χ2n) is 3.61. The van der Waals surface area contributed by atoms with E-state index in [4.69, 9.17) is 28.9 Å². The Morgan fingerprint density at radius 1 is 1.39 bits per heavy atom. The van der Waals surface area contributed by atoms with E-state index in [1.165, 1.54) is 16.8 Å². The first-order valence-corrected chi connectivity index (χ1v) is 5.83. The number of carbonyl (C=O) groups is 1. The molecular weight excluding hydrogens is 275 g/mol. The zero-order valence-corrected chi connectivity index (χ0v) is 10.7. The van der Waals surface area contributed by atoms with Crippen molar-refractivity contribution in [3.63, 3.8) is 0 Å². The van der Waals surface area contributed by atoms with Crippen molar-refractivity contribution in [3.05, 3.63) is 40.6 Å². The summed E-state index contributed by atoms with van der Waals surface area (Å²) in [5.41, 5.74) is 6.36. The largest absolute Gasteiger partial charge is 0.399 e. The van der Waals surface area contributed by atoms with Gasteiger partial charge in [0.1, 0.15) is 6.54 Å². The summed E-state index contributed by atoms with van der Waals surface area (Å²) in [7, 11) is 0. The minimum absolute atomic E-state index is 0.0873. The van der Waals surface area contributed by atoms with Crippen LogP contribution >= 0.6 is 23.2 Å². The third kappa shape index (κ3) is 2.94. The molecule has 0 unspecified atom stereocenters. The second kappa shape index (κ2) is 5.29. The van der Waals surface area contributed by atoms with Crippen molar-refractivity contribution >= 4 is 40.5 Å². The maximum absolute atomic E-state index is 11.7. The number of nitrogen functional groups attached to an aromatic ring is 1. The highest BCUT2D eigenvalue weighted by Gasteiger charge is 2.11. The molecule has 1 amide bonds. The van der Waals surface area contributed by atoms with Crippen LogP contribution in [-0.4, -0.2) is 15.7 Å². The Labute approximate surface area is 113 Å². The molecule has 0 radical (unpaired) electrons. The summed E-state index contributed by atoms with van der Waals surface area (Å²) < 4.78 is 1.49. The molecule has 0 aliphatic rings. The highest BCUT2D eigenvalue weighted by Crippen LogP contribution is 2.32. The number of rotatable bonds is 3. The number of hydrogen-bond donors (Lipinski definition) is 2. The standard InChI is InChI=1S/C11H10Cl2N4O/c12-8-4-7(14)5-9(13)11(8)16-10(18)6-17-3-1-2-15-17/h1-5H,6,14H2,(H,16,18). The monoisotopic (exact) mass is 284 g/mol. The van der Waals surface area contributed by atoms with E-state index in [0.29, 0.717) is 21.4 Å². The molecule has 0 saturated carbocycles. The molecule has 0 aliphatic carbocycles. The van der Waals surface area contributed by atoms with Crippen molar-refractivity contribution in [1.82, 2.24) is 9.78 Å². The number of anilines is 2. The van der Waals surface area contributed by atoms with Crippen molar-refractivity contribution in [2.45, 2.75) is 6.54 Å². The van der Waals surface area contributed by atoms with Gasteiger partial charge < -0.3 is 11.1 Å². The predicted octanol–water partition coefficient (Wildman–Crippen LogP) is 2.41. The molecule has 0 atom stereocenters. The average molecular weight is 285 g/mol. The highest BCUT2D eigenvalue weighted by molar-refractivity contribution is 6.40. The molecule has 18 heavy (non-hydrogen) atoms. The van der Waals surface area contributed by atoms with Crippen LogP contribution in [0, 0.1) is 0 Å². The summed E-state index contributed by atoms with van der Waals surface area (Å²) in [6.45, 7) is 0.0873. The highest BCUT2D eigenvalue weighted by atomic mass is 35.5. The molecule has 0 spiro atoms. The van der Waals surface area contributed by atoms with Crippen LogP contribution in [0.4, 0.5) is 11.4 Å². The summed E-state index contributed by atoms with van der Waals surface area (Å²) in [4.78, 5) is 11.7. The van der Waals surface area contributed by atoms with E-state index in [-0.39, 0.29) is 12.5 Å². The van der Waals surface area contributed by atoms with Gasteiger partial charge in [0.05, 0.1) is 15.7 Å². The Hall–Kier alpha value is -1.72. The summed E-state index contributed by atoms with van der Waals surface area (Å²) in [5.74, 6) is -0.271. The molecule has 0 bridgehead atoms. The molecule has 1 heterocycles. The number of halogens is 2. The lowest BCUT2D eigenvalue weighted by Gasteiger charge is -2.10. The lowest BCUT2D eigenvalue weighted by atomic mass is 10.3. The van der Waals surface area contributed by atoms with E-state index in [2.05, 4.69) is 10.4 Å². The van der Waals surface area contributed by atoms with E-state index in [1.807, 2.05) is 0 Å². The molecule has 5 nitrogen and oxygen atoms in total. The van der Waals surface area contributed by atoms with Crippen LogP contribution < -0.4 is 11.1 Å². The Bertz CT molecular complexity index is 545. The molecule has 7 heteroatoms. The van der Waals surface area contributed by atoms with Crippen molar-refractivity contribution < 1.29 is 4.79 Å². The Kier molecular flexibility index (Phi) is 3.74. The molecule has 3 N–H and O–H groups in total. The van der Waals surface area contributed by atoms with Crippen LogP contribution in [0.25, 0.3) is 0 Å². The van der Waals surface area contributed by atoms with Crippen molar-refractivity contribution in [1.29, 1.82) is 0 Å². The molecule has 0 fully saturated rings. The van der Waals surface area contributed by atoms with Crippen LogP contribution in [0.15, 0.2) is 30.6 Å². The van der Waals surface area contributed by atoms with Gasteiger partial charge >= 0.3 is 0 Å². The van der Waals surface area contributed by atoms with E-state index in [1.54, 1.807) is 18.5 Å². The van der Waals surface area contributed by atoms with Crippen molar-refractivity contribution in [3.8, 4) is 0 Å². The summed E-state index contributed by atoms with van der Waals surface area (Å²) in [5, 5.41) is 7.15. The van der Waals surface area contributed by atoms with Crippen molar-refractivity contribution in [2.75, 3.05) is 11.1 Å². The molecule has 0 saturated heterocycles. The van der Waals surface area contributed by atoms with Gasteiger partial charge in [0, 0.05) is 18.1 Å². The van der Waals surface area contributed by atoms with Gasteiger partial charge in [-0.1, -0.05) is 23.2 Å². The number of nitrogens with two attached hydrogens (primary N) is 1. The van der Waals surface area contributed by atoms with Crippen LogP contribution in [0.3, 0.4) is 0 Å². The van der Waals surface area contributed by atoms with E-state index < -0.39 is 0 Å². The summed E-state index contributed by atoms with van der Waals surface area (Å²) >= 11 is 11.9. The number of benzene rings is 1. The minimum Gasteiger partial charge on any atom is -0.399 e. The number of hydrogen-bond acceptors (Lipinski definition) is 3. The smallest absolute Gasteiger partial charge is 0.246 e. The van der Waals surface area contributed by atoms with E-state index in [0.717, 1.165) is 0 Å². The zero-order valence-electron chi connectivity index (χ0n) is 9.23. The fourth-order valence-corrected chi connectivity index (χ4v) is 2.03. The lowest BCUT2D eigenvalue weighted by Crippen LogP contribution is -2.19. The van der Waals surface area contributed by atoms with E-state index >= 15 is 0 Å². The minimum atomic E-state index is -0.271. The maximum atomic E-state index is 11.7. The zero-order chi connectivity index (χ0) is 13.1. The SMILES string of the molecule is Nc1cc(Cl)c(NC(=O)Cn2cccn2)c(Cl)c1. The maximum Gasteiger partial charge on any atom is 0.246 e. The van der Waals surface area contributed by atoms with Gasteiger partial charge in [0.2, 0.25) is 5.91 Å². The number of carbonyl (C=O) groups excluding carboxylic acids is 1. The van der Waals surface area contributed by atoms with Crippen LogP contribution in [0.2, 0.25) is 10.0 Å². The van der Waals surface area contributed by atoms with Gasteiger partial charge in [-0.05, 0) is 18.2 Å². The Morgan fingerprint density at radius 3 is 2.61 bits per heavy atom. The normalized spacial score (nSPS) is 10.3. The third-order valence-corrected chi connectivity index (χ3v) is 2.79. The molecule has 1 aromatic carbocycles. The molecule has 1 aromatic heterocycles. The first-order chi connectivity index (χ1) is 8.56. The quantitative estimate of drug-likeness (QED) is 0.850. The first-order valence-electron chi connectivity index (χ1n) is 5.08. The third-order valence-electron chi connectivity index (χ3n) is 2.19. The second-order valence-corrected chi connectivity index (χ2v) is 4.43. The lowest BCUT2D eigenvalue weighted by molar-refractivity contribution is -0.116. The van der Waals surface area contributed by atoms with Crippen LogP contribution in [0.1, 0.15) is 0 Å². The fourth-order valence-electron chi connectivity index (χ4n) is 1.43. The number of aromatic nitrogens is 2. The van der Waals surface area contributed by atoms with Crippen LogP contribution in [0.5, 0.6) is 0 Å². The fraction of sp³-hybridized carbons (Fsp3) is 0.0909. The molecule has 0 aliphatic heterocycles.